The van der Waals surface area contributed by atoms with Gasteiger partial charge in [-0.2, -0.15) is 21.0 Å². The molecule has 0 saturated heterocycles. The summed E-state index contributed by atoms with van der Waals surface area (Å²) in [6, 6.07) is 19.5. The molecule has 0 saturated carbocycles. The van der Waals surface area contributed by atoms with Gasteiger partial charge in [0.25, 0.3) is 5.91 Å². The Morgan fingerprint density at radius 2 is 1.82 bits per heavy atom. The molecule has 5 aromatic rings. The molecule has 9 heteroatoms. The van der Waals surface area contributed by atoms with Crippen LogP contribution in [0.15, 0.2) is 82.1 Å². The molecule has 34 heavy (non-hydrogen) atoms. The van der Waals surface area contributed by atoms with Gasteiger partial charge in [0.1, 0.15) is 5.82 Å². The molecule has 2 aromatic carbocycles. The first-order chi connectivity index (χ1) is 16.6. The van der Waals surface area contributed by atoms with E-state index in [2.05, 4.69) is 31.7 Å². The zero-order valence-corrected chi connectivity index (χ0v) is 21.0. The van der Waals surface area contributed by atoms with Gasteiger partial charge in [-0.3, -0.25) is 4.79 Å². The lowest BCUT2D eigenvalue weighted by molar-refractivity contribution is 0.0951. The first-order valence-electron chi connectivity index (χ1n) is 10.5. The highest BCUT2D eigenvalue weighted by atomic mass is 79.9. The van der Waals surface area contributed by atoms with Crippen molar-refractivity contribution in [2.75, 3.05) is 5.32 Å². The van der Waals surface area contributed by atoms with Crippen molar-refractivity contribution in [2.24, 2.45) is 0 Å². The van der Waals surface area contributed by atoms with E-state index in [4.69, 9.17) is 16.6 Å². The quantitative estimate of drug-likeness (QED) is 0.245. The van der Waals surface area contributed by atoms with Gasteiger partial charge in [0, 0.05) is 40.7 Å². The molecule has 0 atom stereocenters. The summed E-state index contributed by atoms with van der Waals surface area (Å²) in [6.07, 6.45) is 1.73. The van der Waals surface area contributed by atoms with Crippen molar-refractivity contribution in [3.8, 4) is 11.3 Å². The highest BCUT2D eigenvalue weighted by Gasteiger charge is 2.13. The molecular formula is C25H19BrClN5OS. The molecule has 6 nitrogen and oxygen atoms in total. The van der Waals surface area contributed by atoms with Crippen molar-refractivity contribution in [1.29, 1.82) is 0 Å². The summed E-state index contributed by atoms with van der Waals surface area (Å²) in [5.41, 5.74) is 5.15. The number of hydrogen-bond donors (Lipinski definition) is 2. The molecule has 170 valence electrons. The van der Waals surface area contributed by atoms with E-state index in [1.165, 1.54) is 11.3 Å². The second-order valence-electron chi connectivity index (χ2n) is 7.60. The van der Waals surface area contributed by atoms with Crippen molar-refractivity contribution in [1.82, 2.24) is 19.9 Å². The number of amides is 1. The minimum atomic E-state index is -0.0617. The molecule has 0 unspecified atom stereocenters. The molecule has 0 bridgehead atoms. The summed E-state index contributed by atoms with van der Waals surface area (Å²) in [5.74, 6) is 0.742. The number of benzene rings is 2. The molecule has 3 aromatic heterocycles. The molecule has 5 rings (SSSR count). The van der Waals surface area contributed by atoms with E-state index in [0.717, 1.165) is 32.7 Å². The third kappa shape index (κ3) is 4.84. The van der Waals surface area contributed by atoms with Crippen LogP contribution in [0.2, 0.25) is 5.02 Å². The molecule has 0 fully saturated rings. The van der Waals surface area contributed by atoms with Gasteiger partial charge in [0.15, 0.2) is 5.65 Å². The Bertz CT molecular complexity index is 1450. The highest BCUT2D eigenvalue weighted by molar-refractivity contribution is 9.10. The summed E-state index contributed by atoms with van der Waals surface area (Å²) in [5, 5.41) is 15.2. The molecule has 0 aliphatic heterocycles. The zero-order valence-electron chi connectivity index (χ0n) is 17.8. The SMILES string of the molecule is O=C(NCc1ccc(CNc2cc(-c3ccccc3Cl)nc3c(Br)cnn23)cc1)c1ccsc1. The number of nitrogens with one attached hydrogen (secondary N) is 2. The van der Waals surface area contributed by atoms with Crippen LogP contribution < -0.4 is 10.6 Å². The summed E-state index contributed by atoms with van der Waals surface area (Å²) in [6.45, 7) is 1.08. The molecule has 0 aliphatic carbocycles. The van der Waals surface area contributed by atoms with Crippen molar-refractivity contribution >= 4 is 56.2 Å². The maximum atomic E-state index is 12.1. The zero-order chi connectivity index (χ0) is 23.5. The number of fused-ring (bicyclic) bond motifs is 1. The van der Waals surface area contributed by atoms with Crippen LogP contribution in [0.25, 0.3) is 16.9 Å². The summed E-state index contributed by atoms with van der Waals surface area (Å²) in [7, 11) is 0. The lowest BCUT2D eigenvalue weighted by Crippen LogP contribution is -2.22. The first-order valence-corrected chi connectivity index (χ1v) is 12.6. The smallest absolute Gasteiger partial charge is 0.252 e. The number of anilines is 1. The first kappa shape index (κ1) is 22.6. The fourth-order valence-corrected chi connectivity index (χ4v) is 4.73. The molecule has 1 amide bonds. The molecule has 3 heterocycles. The van der Waals surface area contributed by atoms with Gasteiger partial charge < -0.3 is 10.6 Å². The van der Waals surface area contributed by atoms with Gasteiger partial charge in [0.05, 0.1) is 16.4 Å². The maximum Gasteiger partial charge on any atom is 0.252 e. The van der Waals surface area contributed by atoms with E-state index in [-0.39, 0.29) is 5.91 Å². The number of thiophene rings is 1. The van der Waals surface area contributed by atoms with E-state index in [1.807, 2.05) is 71.4 Å². The fraction of sp³-hybridized carbons (Fsp3) is 0.0800. The van der Waals surface area contributed by atoms with E-state index >= 15 is 0 Å². The average Bonchev–Trinajstić information content (AvgIpc) is 3.53. The Morgan fingerprint density at radius 3 is 2.56 bits per heavy atom. The maximum absolute atomic E-state index is 12.1. The summed E-state index contributed by atoms with van der Waals surface area (Å²) < 4.78 is 2.57. The Hall–Kier alpha value is -3.20. The van der Waals surface area contributed by atoms with Crippen LogP contribution >= 0.6 is 38.9 Å². The summed E-state index contributed by atoms with van der Waals surface area (Å²) in [4.78, 5) is 16.9. The predicted molar refractivity (Wildman–Crippen MR) is 140 cm³/mol. The van der Waals surface area contributed by atoms with Gasteiger partial charge >= 0.3 is 0 Å². The second-order valence-corrected chi connectivity index (χ2v) is 9.64. The van der Waals surface area contributed by atoms with Crippen LogP contribution in [0.1, 0.15) is 21.5 Å². The number of carbonyl (C=O) groups excluding carboxylic acids is 1. The van der Waals surface area contributed by atoms with Crippen LogP contribution in [-0.2, 0) is 13.1 Å². The number of hydrogen-bond acceptors (Lipinski definition) is 5. The minimum Gasteiger partial charge on any atom is -0.366 e. The van der Waals surface area contributed by atoms with Crippen LogP contribution in [-0.4, -0.2) is 20.5 Å². The van der Waals surface area contributed by atoms with Crippen LogP contribution in [0.4, 0.5) is 5.82 Å². The fourth-order valence-electron chi connectivity index (χ4n) is 3.51. The number of halogens is 2. The van der Waals surface area contributed by atoms with Crippen LogP contribution in [0.3, 0.4) is 0 Å². The lowest BCUT2D eigenvalue weighted by Gasteiger charge is -2.12. The average molecular weight is 553 g/mol. The Labute approximate surface area is 213 Å². The van der Waals surface area contributed by atoms with Crippen molar-refractivity contribution in [3.63, 3.8) is 0 Å². The Morgan fingerprint density at radius 1 is 1.06 bits per heavy atom. The topological polar surface area (TPSA) is 71.3 Å². The molecule has 0 aliphatic rings. The standard InChI is InChI=1S/C25H19BrClN5OS/c26-20-14-30-32-23(11-22(31-24(20)32)19-3-1-2-4-21(19)27)28-12-16-5-7-17(8-6-16)13-29-25(33)18-9-10-34-15-18/h1-11,14-15,28H,12-13H2,(H,29,33). The van der Waals surface area contributed by atoms with Gasteiger partial charge in [-0.25, -0.2) is 4.98 Å². The molecular weight excluding hydrogens is 534 g/mol. The Kier molecular flexibility index (Phi) is 6.62. The van der Waals surface area contributed by atoms with Gasteiger partial charge in [-0.05, 0) is 44.6 Å². The number of nitrogens with zero attached hydrogens (tertiary/aromatic N) is 3. The normalized spacial score (nSPS) is 11.0. The van der Waals surface area contributed by atoms with E-state index < -0.39 is 0 Å². The second kappa shape index (κ2) is 9.97. The molecule has 0 spiro atoms. The summed E-state index contributed by atoms with van der Waals surface area (Å²) >= 11 is 11.5. The predicted octanol–water partition coefficient (Wildman–Crippen LogP) is 6.42. The number of carbonyl (C=O) groups is 1. The largest absolute Gasteiger partial charge is 0.366 e. The number of rotatable bonds is 7. The van der Waals surface area contributed by atoms with Gasteiger partial charge in [-0.1, -0.05) is 54.1 Å². The highest BCUT2D eigenvalue weighted by Crippen LogP contribution is 2.30. The number of aromatic nitrogens is 3. The van der Waals surface area contributed by atoms with E-state index in [0.29, 0.717) is 29.3 Å². The Balaban J connectivity index is 1.31. The van der Waals surface area contributed by atoms with Crippen LogP contribution in [0.5, 0.6) is 0 Å². The minimum absolute atomic E-state index is 0.0617. The van der Waals surface area contributed by atoms with Crippen molar-refractivity contribution in [2.45, 2.75) is 13.1 Å². The monoisotopic (exact) mass is 551 g/mol. The van der Waals surface area contributed by atoms with Gasteiger partial charge in [-0.15, -0.1) is 0 Å². The van der Waals surface area contributed by atoms with E-state index in [1.54, 1.807) is 10.7 Å². The lowest BCUT2D eigenvalue weighted by atomic mass is 10.1. The third-order valence-electron chi connectivity index (χ3n) is 5.31. The molecule has 2 N–H and O–H groups in total. The van der Waals surface area contributed by atoms with Crippen molar-refractivity contribution in [3.05, 3.63) is 104 Å². The molecule has 0 radical (unpaired) electrons. The van der Waals surface area contributed by atoms with Gasteiger partial charge in [0.2, 0.25) is 0 Å². The van der Waals surface area contributed by atoms with Crippen LogP contribution in [0, 0.1) is 0 Å². The van der Waals surface area contributed by atoms with Crippen molar-refractivity contribution < 1.29 is 4.79 Å². The van der Waals surface area contributed by atoms with E-state index in [9.17, 15) is 4.79 Å². The third-order valence-corrected chi connectivity index (χ3v) is 6.88.